The van der Waals surface area contributed by atoms with Crippen LogP contribution in [0.2, 0.25) is 10.0 Å². The van der Waals surface area contributed by atoms with E-state index in [9.17, 15) is 8.42 Å². The quantitative estimate of drug-likeness (QED) is 0.869. The third kappa shape index (κ3) is 3.75. The van der Waals surface area contributed by atoms with Crippen molar-refractivity contribution in [2.24, 2.45) is 0 Å². The van der Waals surface area contributed by atoms with E-state index in [-0.39, 0.29) is 20.6 Å². The van der Waals surface area contributed by atoms with Gasteiger partial charge in [-0.15, -0.1) is 0 Å². The fraction of sp³-hybridized carbons (Fsp3) is 0.167. The van der Waals surface area contributed by atoms with E-state index in [1.165, 1.54) is 24.5 Å². The number of hydrogen-bond donors (Lipinski definition) is 2. The molecule has 2 aromatic rings. The maximum atomic E-state index is 12.2. The third-order valence-corrected chi connectivity index (χ3v) is 4.41. The largest absolute Gasteiger partial charge is 0.355 e. The summed E-state index contributed by atoms with van der Waals surface area (Å²) in [5, 5.41) is 3.28. The Balaban J connectivity index is 2.30. The van der Waals surface area contributed by atoms with E-state index >= 15 is 0 Å². The molecule has 1 heterocycles. The lowest BCUT2D eigenvalue weighted by Crippen LogP contribution is -2.15. The molecule has 21 heavy (non-hydrogen) atoms. The summed E-state index contributed by atoms with van der Waals surface area (Å²) < 4.78 is 26.8. The van der Waals surface area contributed by atoms with Crippen LogP contribution >= 0.6 is 23.2 Å². The van der Waals surface area contributed by atoms with Crippen LogP contribution in [0.1, 0.15) is 6.92 Å². The van der Waals surface area contributed by atoms with Crippen LogP contribution in [0.3, 0.4) is 0 Å². The number of hydrogen-bond acceptors (Lipinski definition) is 5. The van der Waals surface area contributed by atoms with Crippen LogP contribution < -0.4 is 10.0 Å². The van der Waals surface area contributed by atoms with Gasteiger partial charge < -0.3 is 5.32 Å². The molecule has 0 amide bonds. The molecule has 0 spiro atoms. The summed E-state index contributed by atoms with van der Waals surface area (Å²) in [6.45, 7) is 2.52. The maximum Gasteiger partial charge on any atom is 0.265 e. The van der Waals surface area contributed by atoms with Gasteiger partial charge in [-0.25, -0.2) is 18.4 Å². The van der Waals surface area contributed by atoms with Crippen LogP contribution in [0.5, 0.6) is 0 Å². The number of sulfonamides is 1. The van der Waals surface area contributed by atoms with Crippen LogP contribution in [-0.2, 0) is 10.0 Å². The van der Waals surface area contributed by atoms with Crippen LogP contribution in [0.25, 0.3) is 0 Å². The lowest BCUT2D eigenvalue weighted by atomic mass is 10.3. The molecule has 0 fully saturated rings. The molecular formula is C12H12Cl2N4O2S. The predicted molar refractivity (Wildman–Crippen MR) is 83.5 cm³/mol. The Morgan fingerprint density at radius 2 is 1.71 bits per heavy atom. The molecule has 0 radical (unpaired) electrons. The molecule has 0 aliphatic carbocycles. The Kier molecular flexibility index (Phi) is 4.87. The number of rotatable bonds is 5. The number of nitrogens with zero attached hydrogens (tertiary/aromatic N) is 2. The van der Waals surface area contributed by atoms with Crippen molar-refractivity contribution < 1.29 is 8.42 Å². The highest BCUT2D eigenvalue weighted by molar-refractivity contribution is 7.92. The van der Waals surface area contributed by atoms with Gasteiger partial charge in [0.15, 0.2) is 0 Å². The topological polar surface area (TPSA) is 84.0 Å². The molecule has 0 bridgehead atoms. The van der Waals surface area contributed by atoms with Gasteiger partial charge in [-0.2, -0.15) is 0 Å². The van der Waals surface area contributed by atoms with Gasteiger partial charge in [0.05, 0.1) is 28.1 Å². The summed E-state index contributed by atoms with van der Waals surface area (Å²) in [6.07, 6.45) is 2.41. The molecule has 0 saturated heterocycles. The molecule has 1 aromatic heterocycles. The van der Waals surface area contributed by atoms with E-state index in [4.69, 9.17) is 23.2 Å². The Hall–Kier alpha value is -1.57. The van der Waals surface area contributed by atoms with Crippen molar-refractivity contribution in [2.75, 3.05) is 16.6 Å². The molecular weight excluding hydrogens is 335 g/mol. The molecule has 2 rings (SSSR count). The molecule has 0 unspecified atom stereocenters. The first kappa shape index (κ1) is 15.8. The number of benzene rings is 1. The minimum absolute atomic E-state index is 0.0832. The highest BCUT2D eigenvalue weighted by Gasteiger charge is 2.18. The number of anilines is 2. The molecule has 0 atom stereocenters. The minimum Gasteiger partial charge on any atom is -0.355 e. The molecule has 2 N–H and O–H groups in total. The fourth-order valence-corrected chi connectivity index (χ4v) is 3.09. The first-order valence-corrected chi connectivity index (χ1v) is 8.20. The molecule has 0 aliphatic heterocycles. The Morgan fingerprint density at radius 1 is 1.14 bits per heavy atom. The maximum absolute atomic E-state index is 12.2. The van der Waals surface area contributed by atoms with E-state index in [1.807, 2.05) is 6.92 Å². The fourth-order valence-electron chi connectivity index (χ4n) is 1.49. The van der Waals surface area contributed by atoms with E-state index < -0.39 is 10.0 Å². The Morgan fingerprint density at radius 3 is 2.24 bits per heavy atom. The van der Waals surface area contributed by atoms with E-state index in [1.54, 1.807) is 6.07 Å². The zero-order chi connectivity index (χ0) is 15.5. The van der Waals surface area contributed by atoms with E-state index in [2.05, 4.69) is 20.0 Å². The molecule has 1 aromatic carbocycles. The molecule has 9 heteroatoms. The summed E-state index contributed by atoms with van der Waals surface area (Å²) in [4.78, 5) is 7.74. The lowest BCUT2D eigenvalue weighted by molar-refractivity contribution is 0.600. The second-order valence-corrected chi connectivity index (χ2v) is 6.47. The van der Waals surface area contributed by atoms with Gasteiger partial charge in [0.1, 0.15) is 4.90 Å². The van der Waals surface area contributed by atoms with Crippen LogP contribution in [0.15, 0.2) is 35.5 Å². The Labute approximate surface area is 132 Å². The van der Waals surface area contributed by atoms with Gasteiger partial charge >= 0.3 is 0 Å². The average molecular weight is 347 g/mol. The van der Waals surface area contributed by atoms with Crippen LogP contribution in [0.4, 0.5) is 11.6 Å². The summed E-state index contributed by atoms with van der Waals surface area (Å²) in [5.41, 5.74) is 0.122. The van der Waals surface area contributed by atoms with Gasteiger partial charge in [-0.3, -0.25) is 4.72 Å². The summed E-state index contributed by atoms with van der Waals surface area (Å²) in [5.74, 6) is 0.354. The smallest absolute Gasteiger partial charge is 0.265 e. The second-order valence-electron chi connectivity index (χ2n) is 3.97. The predicted octanol–water partition coefficient (Wildman–Crippen LogP) is 3.02. The number of nitrogens with one attached hydrogen (secondary N) is 2. The zero-order valence-electron chi connectivity index (χ0n) is 11.0. The van der Waals surface area contributed by atoms with Crippen molar-refractivity contribution in [1.82, 2.24) is 9.97 Å². The standard InChI is InChI=1S/C12H12Cl2N4O2S/c1-2-15-12-16-6-8(7-17-12)21(19,20)18-11-9(13)4-3-5-10(11)14/h3-7,18H,2H2,1H3,(H,15,16,17). The minimum atomic E-state index is -3.86. The zero-order valence-corrected chi connectivity index (χ0v) is 13.3. The number of para-hydroxylation sites is 1. The first-order valence-electron chi connectivity index (χ1n) is 5.97. The average Bonchev–Trinajstić information content (AvgIpc) is 2.44. The molecule has 0 aliphatic rings. The SMILES string of the molecule is CCNc1ncc(S(=O)(=O)Nc2c(Cl)cccc2Cl)cn1. The highest BCUT2D eigenvalue weighted by Crippen LogP contribution is 2.31. The third-order valence-electron chi connectivity index (χ3n) is 2.47. The van der Waals surface area contributed by atoms with Gasteiger partial charge in [0.25, 0.3) is 10.0 Å². The number of halogens is 2. The van der Waals surface area contributed by atoms with Crippen molar-refractivity contribution in [3.8, 4) is 0 Å². The monoisotopic (exact) mass is 346 g/mol. The van der Waals surface area contributed by atoms with Crippen molar-refractivity contribution >= 4 is 44.9 Å². The summed E-state index contributed by atoms with van der Waals surface area (Å²) in [7, 11) is -3.86. The highest BCUT2D eigenvalue weighted by atomic mass is 35.5. The summed E-state index contributed by atoms with van der Waals surface area (Å²) in [6, 6.07) is 4.70. The van der Waals surface area contributed by atoms with Crippen LogP contribution in [-0.4, -0.2) is 24.9 Å². The van der Waals surface area contributed by atoms with Gasteiger partial charge in [0, 0.05) is 6.54 Å². The van der Waals surface area contributed by atoms with Gasteiger partial charge in [0.2, 0.25) is 5.95 Å². The van der Waals surface area contributed by atoms with E-state index in [0.29, 0.717) is 12.5 Å². The van der Waals surface area contributed by atoms with Crippen molar-refractivity contribution in [1.29, 1.82) is 0 Å². The summed E-state index contributed by atoms with van der Waals surface area (Å²) >= 11 is 11.9. The number of aromatic nitrogens is 2. The van der Waals surface area contributed by atoms with E-state index in [0.717, 1.165) is 0 Å². The molecule has 112 valence electrons. The normalized spacial score (nSPS) is 11.2. The molecule has 6 nitrogen and oxygen atoms in total. The lowest BCUT2D eigenvalue weighted by Gasteiger charge is -2.11. The van der Waals surface area contributed by atoms with Crippen molar-refractivity contribution in [2.45, 2.75) is 11.8 Å². The van der Waals surface area contributed by atoms with Gasteiger partial charge in [-0.1, -0.05) is 29.3 Å². The van der Waals surface area contributed by atoms with Gasteiger partial charge in [-0.05, 0) is 19.1 Å². The van der Waals surface area contributed by atoms with Crippen molar-refractivity contribution in [3.05, 3.63) is 40.6 Å². The van der Waals surface area contributed by atoms with Crippen LogP contribution in [0, 0.1) is 0 Å². The first-order chi connectivity index (χ1) is 9.94. The second kappa shape index (κ2) is 6.46. The molecule has 0 saturated carbocycles. The Bertz CT molecular complexity index is 715. The van der Waals surface area contributed by atoms with Crippen molar-refractivity contribution in [3.63, 3.8) is 0 Å².